The molecule has 3 unspecified atom stereocenters. The molecule has 0 saturated carbocycles. The van der Waals surface area contributed by atoms with E-state index in [9.17, 15) is 8.42 Å². The van der Waals surface area contributed by atoms with Crippen molar-refractivity contribution in [3.8, 4) is 0 Å². The fourth-order valence-electron chi connectivity index (χ4n) is 1.96. The van der Waals surface area contributed by atoms with Crippen molar-refractivity contribution in [2.45, 2.75) is 52.1 Å². The van der Waals surface area contributed by atoms with E-state index in [1.807, 2.05) is 6.92 Å². The molecule has 0 radical (unpaired) electrons. The molecule has 16 heavy (non-hydrogen) atoms. The van der Waals surface area contributed by atoms with Crippen LogP contribution >= 0.6 is 0 Å². The zero-order valence-corrected chi connectivity index (χ0v) is 11.3. The number of sulfonamides is 1. The molecule has 1 aliphatic rings. The minimum absolute atomic E-state index is 0.0244. The van der Waals surface area contributed by atoms with Gasteiger partial charge in [-0.15, -0.1) is 0 Å². The number of hydrogen-bond donors (Lipinski definition) is 2. The van der Waals surface area contributed by atoms with Gasteiger partial charge in [-0.2, -0.15) is 0 Å². The zero-order chi connectivity index (χ0) is 12.2. The third-order valence-corrected chi connectivity index (χ3v) is 5.02. The Kier molecular flexibility index (Phi) is 5.21. The first-order valence-corrected chi connectivity index (χ1v) is 7.83. The summed E-state index contributed by atoms with van der Waals surface area (Å²) in [5.41, 5.74) is 0. The highest BCUT2D eigenvalue weighted by atomic mass is 32.2. The van der Waals surface area contributed by atoms with Crippen LogP contribution in [0.3, 0.4) is 0 Å². The monoisotopic (exact) mass is 248 g/mol. The molecule has 0 aromatic rings. The molecule has 0 spiro atoms. The highest BCUT2D eigenvalue weighted by molar-refractivity contribution is 7.89. The van der Waals surface area contributed by atoms with Crippen molar-refractivity contribution in [3.63, 3.8) is 0 Å². The Morgan fingerprint density at radius 1 is 1.44 bits per heavy atom. The smallest absolute Gasteiger partial charge is 0.213 e. The molecule has 1 aliphatic heterocycles. The maximum Gasteiger partial charge on any atom is 0.213 e. The van der Waals surface area contributed by atoms with Crippen molar-refractivity contribution in [1.82, 2.24) is 10.0 Å². The van der Waals surface area contributed by atoms with Gasteiger partial charge in [0.1, 0.15) is 0 Å². The second kappa shape index (κ2) is 5.98. The first-order chi connectivity index (χ1) is 7.44. The van der Waals surface area contributed by atoms with Gasteiger partial charge in [0, 0.05) is 12.1 Å². The van der Waals surface area contributed by atoms with Crippen LogP contribution in [0.4, 0.5) is 0 Å². The van der Waals surface area contributed by atoms with Crippen LogP contribution in [-0.2, 0) is 10.0 Å². The SMILES string of the molecule is CCC(C)C(C)NS(=O)(=O)CC1CCCN1. The van der Waals surface area contributed by atoms with Crippen LogP contribution in [-0.4, -0.2) is 32.8 Å². The molecular weight excluding hydrogens is 224 g/mol. The molecule has 5 heteroatoms. The minimum Gasteiger partial charge on any atom is -0.313 e. The Morgan fingerprint density at radius 2 is 2.12 bits per heavy atom. The fourth-order valence-corrected chi connectivity index (χ4v) is 3.67. The number of rotatable bonds is 6. The van der Waals surface area contributed by atoms with Crippen LogP contribution in [0.15, 0.2) is 0 Å². The van der Waals surface area contributed by atoms with E-state index in [1.54, 1.807) is 0 Å². The van der Waals surface area contributed by atoms with Crippen molar-refractivity contribution in [2.24, 2.45) is 5.92 Å². The molecule has 0 aromatic heterocycles. The van der Waals surface area contributed by atoms with Crippen LogP contribution in [0.25, 0.3) is 0 Å². The Labute approximate surface area is 99.2 Å². The minimum atomic E-state index is -3.13. The molecule has 0 aromatic carbocycles. The summed E-state index contributed by atoms with van der Waals surface area (Å²) in [6.07, 6.45) is 3.05. The highest BCUT2D eigenvalue weighted by Crippen LogP contribution is 2.11. The van der Waals surface area contributed by atoms with Gasteiger partial charge in [-0.25, -0.2) is 13.1 Å². The van der Waals surface area contributed by atoms with E-state index in [4.69, 9.17) is 0 Å². The first kappa shape index (κ1) is 13.9. The van der Waals surface area contributed by atoms with Crippen molar-refractivity contribution in [3.05, 3.63) is 0 Å². The summed E-state index contributed by atoms with van der Waals surface area (Å²) >= 11 is 0. The van der Waals surface area contributed by atoms with Crippen LogP contribution in [0, 0.1) is 5.92 Å². The van der Waals surface area contributed by atoms with E-state index in [-0.39, 0.29) is 17.8 Å². The lowest BCUT2D eigenvalue weighted by molar-refractivity contribution is 0.432. The molecule has 3 atom stereocenters. The lowest BCUT2D eigenvalue weighted by atomic mass is 10.0. The standard InChI is InChI=1S/C11H24N2O2S/c1-4-9(2)10(3)13-16(14,15)8-11-6-5-7-12-11/h9-13H,4-8H2,1-3H3. The summed E-state index contributed by atoms with van der Waals surface area (Å²) < 4.78 is 26.5. The summed E-state index contributed by atoms with van der Waals surface area (Å²) in [7, 11) is -3.13. The number of hydrogen-bond acceptors (Lipinski definition) is 3. The molecule has 2 N–H and O–H groups in total. The second-order valence-electron chi connectivity index (χ2n) is 4.87. The van der Waals surface area contributed by atoms with E-state index < -0.39 is 10.0 Å². The van der Waals surface area contributed by atoms with Gasteiger partial charge >= 0.3 is 0 Å². The lowest BCUT2D eigenvalue weighted by Gasteiger charge is -2.21. The molecular formula is C11H24N2O2S. The molecule has 0 aliphatic carbocycles. The van der Waals surface area contributed by atoms with Crippen LogP contribution in [0.1, 0.15) is 40.0 Å². The van der Waals surface area contributed by atoms with Gasteiger partial charge in [0.25, 0.3) is 0 Å². The normalized spacial score (nSPS) is 25.6. The quantitative estimate of drug-likeness (QED) is 0.740. The Hall–Kier alpha value is -0.130. The molecule has 4 nitrogen and oxygen atoms in total. The van der Waals surface area contributed by atoms with Crippen LogP contribution in [0.5, 0.6) is 0 Å². The van der Waals surface area contributed by atoms with Crippen molar-refractivity contribution >= 4 is 10.0 Å². The third kappa shape index (κ3) is 4.39. The first-order valence-electron chi connectivity index (χ1n) is 6.18. The van der Waals surface area contributed by atoms with E-state index >= 15 is 0 Å². The van der Waals surface area contributed by atoms with Gasteiger partial charge in [0.15, 0.2) is 0 Å². The molecule has 1 rings (SSSR count). The lowest BCUT2D eigenvalue weighted by Crippen LogP contribution is -2.42. The largest absolute Gasteiger partial charge is 0.313 e. The summed E-state index contributed by atoms with van der Waals surface area (Å²) in [6.45, 7) is 7.03. The summed E-state index contributed by atoms with van der Waals surface area (Å²) in [5.74, 6) is 0.597. The molecule has 0 amide bonds. The van der Waals surface area contributed by atoms with Gasteiger partial charge in [0.05, 0.1) is 5.75 Å². The molecule has 96 valence electrons. The van der Waals surface area contributed by atoms with Gasteiger partial charge in [0.2, 0.25) is 10.0 Å². The summed E-state index contributed by atoms with van der Waals surface area (Å²) in [4.78, 5) is 0. The molecule has 1 saturated heterocycles. The van der Waals surface area contributed by atoms with Crippen LogP contribution in [0.2, 0.25) is 0 Å². The van der Waals surface area contributed by atoms with Gasteiger partial charge < -0.3 is 5.32 Å². The third-order valence-electron chi connectivity index (χ3n) is 3.45. The van der Waals surface area contributed by atoms with Gasteiger partial charge in [-0.3, -0.25) is 0 Å². The fraction of sp³-hybridized carbons (Fsp3) is 1.00. The number of nitrogens with one attached hydrogen (secondary N) is 2. The van der Waals surface area contributed by atoms with Crippen molar-refractivity contribution in [1.29, 1.82) is 0 Å². The van der Waals surface area contributed by atoms with E-state index in [2.05, 4.69) is 23.9 Å². The van der Waals surface area contributed by atoms with Crippen LogP contribution < -0.4 is 10.0 Å². The summed E-state index contributed by atoms with van der Waals surface area (Å²) in [5, 5.41) is 3.21. The predicted molar refractivity (Wildman–Crippen MR) is 66.9 cm³/mol. The van der Waals surface area contributed by atoms with E-state index in [0.29, 0.717) is 5.92 Å². The van der Waals surface area contributed by atoms with E-state index in [0.717, 1.165) is 25.8 Å². The Balaban J connectivity index is 2.44. The average Bonchev–Trinajstić information content (AvgIpc) is 2.67. The topological polar surface area (TPSA) is 58.2 Å². The van der Waals surface area contributed by atoms with Gasteiger partial charge in [-0.1, -0.05) is 20.3 Å². The van der Waals surface area contributed by atoms with E-state index in [1.165, 1.54) is 0 Å². The maximum atomic E-state index is 11.9. The maximum absolute atomic E-state index is 11.9. The second-order valence-corrected chi connectivity index (χ2v) is 6.67. The zero-order valence-electron chi connectivity index (χ0n) is 10.5. The summed E-state index contributed by atoms with van der Waals surface area (Å²) in [6, 6.07) is 0.165. The average molecular weight is 248 g/mol. The molecule has 1 heterocycles. The van der Waals surface area contributed by atoms with Crippen molar-refractivity contribution in [2.75, 3.05) is 12.3 Å². The highest BCUT2D eigenvalue weighted by Gasteiger charge is 2.24. The predicted octanol–water partition coefficient (Wildman–Crippen LogP) is 1.09. The van der Waals surface area contributed by atoms with Gasteiger partial charge in [-0.05, 0) is 32.2 Å². The molecule has 0 bridgehead atoms. The Bertz CT molecular complexity index is 297. The Morgan fingerprint density at radius 3 is 2.62 bits per heavy atom. The van der Waals surface area contributed by atoms with Crippen molar-refractivity contribution < 1.29 is 8.42 Å². The molecule has 1 fully saturated rings.